The predicted octanol–water partition coefficient (Wildman–Crippen LogP) is -0.473. The van der Waals surface area contributed by atoms with Crippen LogP contribution in [0.1, 0.15) is 22.8 Å². The number of rotatable bonds is 2. The van der Waals surface area contributed by atoms with Crippen LogP contribution < -0.4 is 5.32 Å². The van der Waals surface area contributed by atoms with E-state index in [-0.39, 0.29) is 30.8 Å². The molecule has 0 radical (unpaired) electrons. The molecule has 3 rings (SSSR count). The summed E-state index contributed by atoms with van der Waals surface area (Å²) in [6, 6.07) is 5.69. The van der Waals surface area contributed by atoms with Crippen LogP contribution in [0.5, 0.6) is 0 Å². The van der Waals surface area contributed by atoms with Crippen molar-refractivity contribution in [2.75, 3.05) is 19.6 Å². The molecule has 1 aromatic rings. The maximum absolute atomic E-state index is 12.6. The number of hydrogen-bond donors (Lipinski definition) is 2. The van der Waals surface area contributed by atoms with Crippen LogP contribution in [0.4, 0.5) is 0 Å². The number of fused-ring (bicyclic) bond motifs is 1. The molecular weight excluding hydrogens is 310 g/mol. The third-order valence-electron chi connectivity index (χ3n) is 4.56. The minimum Gasteiger partial charge on any atom is -0.391 e. The van der Waals surface area contributed by atoms with E-state index in [4.69, 9.17) is 0 Å². The first kappa shape index (κ1) is 16.4. The maximum Gasteiger partial charge on any atom is 0.254 e. The second-order valence-electron chi connectivity index (χ2n) is 6.39. The van der Waals surface area contributed by atoms with Crippen LogP contribution in [0.15, 0.2) is 24.3 Å². The summed E-state index contributed by atoms with van der Waals surface area (Å²) in [5, 5.41) is 12.2. The Balaban J connectivity index is 1.76. The zero-order valence-corrected chi connectivity index (χ0v) is 13.7. The highest BCUT2D eigenvalue weighted by Crippen LogP contribution is 2.19. The van der Waals surface area contributed by atoms with Crippen LogP contribution in [0.25, 0.3) is 0 Å². The molecule has 24 heavy (non-hydrogen) atoms. The third-order valence-corrected chi connectivity index (χ3v) is 4.56. The number of amides is 3. The van der Waals surface area contributed by atoms with Gasteiger partial charge in [0.05, 0.1) is 12.6 Å². The van der Waals surface area contributed by atoms with E-state index in [2.05, 4.69) is 5.32 Å². The smallest absolute Gasteiger partial charge is 0.254 e. The van der Waals surface area contributed by atoms with Crippen molar-refractivity contribution in [2.45, 2.75) is 32.0 Å². The Bertz CT molecular complexity index is 688. The minimum atomic E-state index is -0.950. The lowest BCUT2D eigenvalue weighted by atomic mass is 10.0. The lowest BCUT2D eigenvalue weighted by Crippen LogP contribution is -2.71. The summed E-state index contributed by atoms with van der Waals surface area (Å²) in [5.74, 6) is -0.768. The average Bonchev–Trinajstić information content (AvgIpc) is 2.56. The topological polar surface area (TPSA) is 90.0 Å². The maximum atomic E-state index is 12.6. The number of benzene rings is 1. The van der Waals surface area contributed by atoms with Crippen molar-refractivity contribution in [3.8, 4) is 0 Å². The highest BCUT2D eigenvalue weighted by molar-refractivity contribution is 5.99. The first-order chi connectivity index (χ1) is 11.4. The molecule has 3 amide bonds. The molecule has 0 saturated carbocycles. The Kier molecular flexibility index (Phi) is 4.28. The van der Waals surface area contributed by atoms with Crippen LogP contribution in [-0.2, 0) is 9.59 Å². The highest BCUT2D eigenvalue weighted by atomic mass is 16.3. The van der Waals surface area contributed by atoms with Gasteiger partial charge >= 0.3 is 0 Å². The molecule has 2 fully saturated rings. The number of nitrogens with one attached hydrogen (secondary N) is 1. The SMILES string of the molecule is Cc1cccc(C(=O)N2CCN3C(=O)[C@H]([C@@H](C)O)NC(=O)[C@H]3C2)c1. The van der Waals surface area contributed by atoms with E-state index in [1.807, 2.05) is 25.1 Å². The van der Waals surface area contributed by atoms with Gasteiger partial charge in [-0.3, -0.25) is 14.4 Å². The molecule has 128 valence electrons. The van der Waals surface area contributed by atoms with E-state index in [1.54, 1.807) is 11.0 Å². The largest absolute Gasteiger partial charge is 0.391 e. The zero-order chi connectivity index (χ0) is 17.4. The highest BCUT2D eigenvalue weighted by Gasteiger charge is 2.45. The van der Waals surface area contributed by atoms with Gasteiger partial charge in [0.25, 0.3) is 5.91 Å². The van der Waals surface area contributed by atoms with Crippen molar-refractivity contribution in [2.24, 2.45) is 0 Å². The molecule has 2 N–H and O–H groups in total. The molecule has 7 heteroatoms. The first-order valence-electron chi connectivity index (χ1n) is 8.03. The van der Waals surface area contributed by atoms with Crippen molar-refractivity contribution >= 4 is 17.7 Å². The number of hydrogen-bond acceptors (Lipinski definition) is 4. The standard InChI is InChI=1S/C17H21N3O4/c1-10-4-3-5-12(8-10)16(23)19-6-7-20-13(9-19)15(22)18-14(11(2)21)17(20)24/h3-5,8,11,13-14,21H,6-7,9H2,1-2H3,(H,18,22)/t11-,13-,14+/m1/s1. The fourth-order valence-electron chi connectivity index (χ4n) is 3.23. The summed E-state index contributed by atoms with van der Waals surface area (Å²) in [5.41, 5.74) is 1.57. The summed E-state index contributed by atoms with van der Waals surface area (Å²) >= 11 is 0. The van der Waals surface area contributed by atoms with Gasteiger partial charge in [0.1, 0.15) is 12.1 Å². The molecule has 0 aliphatic carbocycles. The second kappa shape index (κ2) is 6.24. The molecule has 7 nitrogen and oxygen atoms in total. The molecule has 2 aliphatic heterocycles. The van der Waals surface area contributed by atoms with E-state index in [0.29, 0.717) is 12.1 Å². The molecule has 3 atom stereocenters. The number of nitrogens with zero attached hydrogens (tertiary/aromatic N) is 2. The number of carbonyl (C=O) groups is 3. The molecule has 0 spiro atoms. The number of aliphatic hydroxyl groups is 1. The van der Waals surface area contributed by atoms with E-state index in [1.165, 1.54) is 11.8 Å². The van der Waals surface area contributed by atoms with Crippen LogP contribution in [0.3, 0.4) is 0 Å². The Hall–Kier alpha value is -2.41. The van der Waals surface area contributed by atoms with Gasteiger partial charge in [-0.1, -0.05) is 17.7 Å². The van der Waals surface area contributed by atoms with E-state index < -0.39 is 18.2 Å². The molecule has 2 heterocycles. The average molecular weight is 331 g/mol. The molecule has 1 aromatic carbocycles. The van der Waals surface area contributed by atoms with Gasteiger partial charge in [0, 0.05) is 18.7 Å². The summed E-state index contributed by atoms with van der Waals surface area (Å²) in [6.07, 6.45) is -0.950. The molecule has 2 aliphatic rings. The Morgan fingerprint density at radius 3 is 2.75 bits per heavy atom. The third kappa shape index (κ3) is 2.87. The number of carbonyl (C=O) groups excluding carboxylic acids is 3. The molecule has 0 unspecified atom stereocenters. The van der Waals surface area contributed by atoms with Gasteiger partial charge in [-0.05, 0) is 26.0 Å². The molecule has 2 saturated heterocycles. The fourth-order valence-corrected chi connectivity index (χ4v) is 3.23. The summed E-state index contributed by atoms with van der Waals surface area (Å²) < 4.78 is 0. The van der Waals surface area contributed by atoms with Crippen molar-refractivity contribution < 1.29 is 19.5 Å². The Morgan fingerprint density at radius 1 is 1.33 bits per heavy atom. The minimum absolute atomic E-state index is 0.142. The van der Waals surface area contributed by atoms with Gasteiger partial charge in [-0.2, -0.15) is 0 Å². The predicted molar refractivity (Wildman–Crippen MR) is 86.2 cm³/mol. The van der Waals surface area contributed by atoms with Crippen molar-refractivity contribution in [3.63, 3.8) is 0 Å². The second-order valence-corrected chi connectivity index (χ2v) is 6.39. The summed E-state index contributed by atoms with van der Waals surface area (Å²) in [7, 11) is 0. The summed E-state index contributed by atoms with van der Waals surface area (Å²) in [6.45, 7) is 4.21. The molecule has 0 bridgehead atoms. The molecular formula is C17H21N3O4. The lowest BCUT2D eigenvalue weighted by Gasteiger charge is -2.45. The first-order valence-corrected chi connectivity index (χ1v) is 8.03. The van der Waals surface area contributed by atoms with Gasteiger partial charge in [-0.15, -0.1) is 0 Å². The number of aryl methyl sites for hydroxylation is 1. The fraction of sp³-hybridized carbons (Fsp3) is 0.471. The van der Waals surface area contributed by atoms with E-state index in [0.717, 1.165) is 5.56 Å². The van der Waals surface area contributed by atoms with E-state index >= 15 is 0 Å². The van der Waals surface area contributed by atoms with E-state index in [9.17, 15) is 19.5 Å². The lowest BCUT2D eigenvalue weighted by molar-refractivity contribution is -0.155. The van der Waals surface area contributed by atoms with Gasteiger partial charge < -0.3 is 20.2 Å². The monoisotopic (exact) mass is 331 g/mol. The Labute approximate surface area is 140 Å². The zero-order valence-electron chi connectivity index (χ0n) is 13.7. The van der Waals surface area contributed by atoms with Gasteiger partial charge in [0.15, 0.2) is 0 Å². The number of piperazine rings is 2. The Morgan fingerprint density at radius 2 is 2.08 bits per heavy atom. The van der Waals surface area contributed by atoms with Crippen LogP contribution in [0.2, 0.25) is 0 Å². The summed E-state index contributed by atoms with van der Waals surface area (Å²) in [4.78, 5) is 40.4. The molecule has 0 aromatic heterocycles. The van der Waals surface area contributed by atoms with Crippen LogP contribution in [-0.4, -0.2) is 70.4 Å². The van der Waals surface area contributed by atoms with Crippen LogP contribution in [0, 0.1) is 6.92 Å². The van der Waals surface area contributed by atoms with Crippen molar-refractivity contribution in [1.82, 2.24) is 15.1 Å². The quantitative estimate of drug-likeness (QED) is 0.766. The van der Waals surface area contributed by atoms with Crippen LogP contribution >= 0.6 is 0 Å². The van der Waals surface area contributed by atoms with Gasteiger partial charge in [0.2, 0.25) is 11.8 Å². The normalized spacial score (nSPS) is 25.1. The van der Waals surface area contributed by atoms with Crippen molar-refractivity contribution in [3.05, 3.63) is 35.4 Å². The van der Waals surface area contributed by atoms with Gasteiger partial charge in [-0.25, -0.2) is 0 Å². The van der Waals surface area contributed by atoms with Crippen molar-refractivity contribution in [1.29, 1.82) is 0 Å². The number of aliphatic hydroxyl groups excluding tert-OH is 1.